The number of amides is 1. The normalized spacial score (nSPS) is 13.4. The van der Waals surface area contributed by atoms with Gasteiger partial charge in [-0.3, -0.25) is 4.79 Å². The second kappa shape index (κ2) is 11.2. The van der Waals surface area contributed by atoms with Crippen LogP contribution in [0.2, 0.25) is 0 Å². The number of ether oxygens (including phenoxy) is 1. The van der Waals surface area contributed by atoms with E-state index in [2.05, 4.69) is 26.8 Å². The summed E-state index contributed by atoms with van der Waals surface area (Å²) >= 11 is 0. The number of nitrogens with zero attached hydrogens (tertiary/aromatic N) is 1. The van der Waals surface area contributed by atoms with Crippen molar-refractivity contribution < 1.29 is 9.53 Å². The zero-order chi connectivity index (χ0) is 18.8. The van der Waals surface area contributed by atoms with Gasteiger partial charge in [-0.1, -0.05) is 46.6 Å². The first-order valence-corrected chi connectivity index (χ1v) is 9.96. The third kappa shape index (κ3) is 7.09. The molecule has 1 aromatic rings. The second-order valence-corrected chi connectivity index (χ2v) is 7.27. The Balaban J connectivity index is 2.85. The van der Waals surface area contributed by atoms with Gasteiger partial charge in [0.15, 0.2) is 0 Å². The first-order chi connectivity index (χ1) is 11.9. The highest BCUT2D eigenvalue weighted by molar-refractivity contribution is 5.93. The van der Waals surface area contributed by atoms with Crippen molar-refractivity contribution >= 4 is 11.6 Å². The molecule has 2 atom stereocenters. The standard InChI is InChI=1S/C22H37NO2/c1-7-10-19(14-12-17(4)9-3)25-20-15-13-18(5)21(16-20)23(6)22(24)11-8-2/h13,15-17,19H,7-12,14H2,1-6H3. The second-order valence-electron chi connectivity index (χ2n) is 7.27. The highest BCUT2D eigenvalue weighted by Gasteiger charge is 2.16. The minimum atomic E-state index is 0.157. The molecule has 0 aliphatic heterocycles. The quantitative estimate of drug-likeness (QED) is 0.482. The molecule has 25 heavy (non-hydrogen) atoms. The molecule has 0 saturated heterocycles. The van der Waals surface area contributed by atoms with Crippen molar-refractivity contribution in [1.82, 2.24) is 0 Å². The van der Waals surface area contributed by atoms with Crippen LogP contribution in [0.15, 0.2) is 18.2 Å². The lowest BCUT2D eigenvalue weighted by Crippen LogP contribution is -2.26. The topological polar surface area (TPSA) is 29.5 Å². The first kappa shape index (κ1) is 21.5. The molecule has 0 aliphatic rings. The highest BCUT2D eigenvalue weighted by Crippen LogP contribution is 2.28. The predicted molar refractivity (Wildman–Crippen MR) is 108 cm³/mol. The van der Waals surface area contributed by atoms with E-state index in [1.807, 2.05) is 33.0 Å². The van der Waals surface area contributed by atoms with E-state index in [-0.39, 0.29) is 12.0 Å². The summed E-state index contributed by atoms with van der Waals surface area (Å²) in [5.41, 5.74) is 2.05. The Morgan fingerprint density at radius 1 is 1.12 bits per heavy atom. The summed E-state index contributed by atoms with van der Waals surface area (Å²) in [5.74, 6) is 1.78. The van der Waals surface area contributed by atoms with Crippen molar-refractivity contribution in [1.29, 1.82) is 0 Å². The molecule has 0 heterocycles. The Labute approximate surface area is 154 Å². The van der Waals surface area contributed by atoms with Crippen molar-refractivity contribution in [2.24, 2.45) is 5.92 Å². The molecule has 0 fully saturated rings. The Morgan fingerprint density at radius 3 is 2.44 bits per heavy atom. The molecular weight excluding hydrogens is 310 g/mol. The van der Waals surface area contributed by atoms with Gasteiger partial charge in [0, 0.05) is 25.2 Å². The minimum Gasteiger partial charge on any atom is -0.490 e. The van der Waals surface area contributed by atoms with Gasteiger partial charge < -0.3 is 9.64 Å². The van der Waals surface area contributed by atoms with Gasteiger partial charge in [-0.25, -0.2) is 0 Å². The van der Waals surface area contributed by atoms with Crippen LogP contribution in [0.4, 0.5) is 5.69 Å². The van der Waals surface area contributed by atoms with Crippen LogP contribution < -0.4 is 9.64 Å². The van der Waals surface area contributed by atoms with Crippen LogP contribution >= 0.6 is 0 Å². The van der Waals surface area contributed by atoms with Crippen molar-refractivity contribution in [3.05, 3.63) is 23.8 Å². The molecule has 0 aromatic heterocycles. The molecule has 142 valence electrons. The Kier molecular flexibility index (Phi) is 9.62. The maximum Gasteiger partial charge on any atom is 0.226 e. The summed E-state index contributed by atoms with van der Waals surface area (Å²) in [6, 6.07) is 6.11. The van der Waals surface area contributed by atoms with E-state index in [4.69, 9.17) is 4.74 Å². The monoisotopic (exact) mass is 347 g/mol. The van der Waals surface area contributed by atoms with E-state index >= 15 is 0 Å². The summed E-state index contributed by atoms with van der Waals surface area (Å²) in [5, 5.41) is 0. The van der Waals surface area contributed by atoms with Crippen molar-refractivity contribution in [2.45, 2.75) is 85.7 Å². The molecule has 0 N–H and O–H groups in total. The zero-order valence-electron chi connectivity index (χ0n) is 17.1. The molecule has 0 aliphatic carbocycles. The zero-order valence-corrected chi connectivity index (χ0v) is 17.1. The fourth-order valence-corrected chi connectivity index (χ4v) is 2.99. The Morgan fingerprint density at radius 2 is 1.84 bits per heavy atom. The fraction of sp³-hybridized carbons (Fsp3) is 0.682. The van der Waals surface area contributed by atoms with E-state index in [0.29, 0.717) is 6.42 Å². The lowest BCUT2D eigenvalue weighted by molar-refractivity contribution is -0.118. The third-order valence-electron chi connectivity index (χ3n) is 4.97. The number of hydrogen-bond acceptors (Lipinski definition) is 2. The summed E-state index contributed by atoms with van der Waals surface area (Å²) in [6.45, 7) is 10.8. The molecule has 3 nitrogen and oxygen atoms in total. The molecule has 2 unspecified atom stereocenters. The van der Waals surface area contributed by atoms with Crippen molar-refractivity contribution in [2.75, 3.05) is 11.9 Å². The average Bonchev–Trinajstić information content (AvgIpc) is 2.60. The van der Waals surface area contributed by atoms with E-state index < -0.39 is 0 Å². The van der Waals surface area contributed by atoms with Crippen molar-refractivity contribution in [3.8, 4) is 5.75 Å². The van der Waals surface area contributed by atoms with Crippen LogP contribution in [0.25, 0.3) is 0 Å². The van der Waals surface area contributed by atoms with E-state index in [0.717, 1.165) is 48.6 Å². The van der Waals surface area contributed by atoms with Crippen LogP contribution in [-0.2, 0) is 4.79 Å². The van der Waals surface area contributed by atoms with Crippen LogP contribution in [0, 0.1) is 12.8 Å². The third-order valence-corrected chi connectivity index (χ3v) is 4.97. The number of aryl methyl sites for hydroxylation is 1. The number of rotatable bonds is 11. The number of hydrogen-bond donors (Lipinski definition) is 0. The van der Waals surface area contributed by atoms with Gasteiger partial charge in [0.25, 0.3) is 0 Å². The van der Waals surface area contributed by atoms with Gasteiger partial charge >= 0.3 is 0 Å². The van der Waals surface area contributed by atoms with Gasteiger partial charge in [-0.2, -0.15) is 0 Å². The van der Waals surface area contributed by atoms with Gasteiger partial charge in [0.1, 0.15) is 5.75 Å². The lowest BCUT2D eigenvalue weighted by Gasteiger charge is -2.23. The van der Waals surface area contributed by atoms with Crippen LogP contribution in [0.5, 0.6) is 5.75 Å². The molecule has 1 rings (SSSR count). The molecule has 1 amide bonds. The largest absolute Gasteiger partial charge is 0.490 e. The number of anilines is 1. The fourth-order valence-electron chi connectivity index (χ4n) is 2.99. The Bertz CT molecular complexity index is 527. The van der Waals surface area contributed by atoms with Gasteiger partial charge in [-0.15, -0.1) is 0 Å². The predicted octanol–water partition coefficient (Wildman–Crippen LogP) is 6.13. The van der Waals surface area contributed by atoms with Gasteiger partial charge in [0.2, 0.25) is 5.91 Å². The molecule has 0 spiro atoms. The van der Waals surface area contributed by atoms with Gasteiger partial charge in [0.05, 0.1) is 6.10 Å². The van der Waals surface area contributed by atoms with Crippen molar-refractivity contribution in [3.63, 3.8) is 0 Å². The molecule has 3 heteroatoms. The van der Waals surface area contributed by atoms with E-state index in [1.54, 1.807) is 4.90 Å². The van der Waals surface area contributed by atoms with Crippen LogP contribution in [0.1, 0.15) is 78.2 Å². The molecule has 0 saturated carbocycles. The summed E-state index contributed by atoms with van der Waals surface area (Å²) < 4.78 is 6.30. The maximum absolute atomic E-state index is 12.2. The maximum atomic E-state index is 12.2. The molecule has 1 aromatic carbocycles. The average molecular weight is 348 g/mol. The lowest BCUT2D eigenvalue weighted by atomic mass is 9.98. The number of benzene rings is 1. The minimum absolute atomic E-state index is 0.157. The van der Waals surface area contributed by atoms with E-state index in [9.17, 15) is 4.79 Å². The first-order valence-electron chi connectivity index (χ1n) is 9.96. The highest BCUT2D eigenvalue weighted by atomic mass is 16.5. The summed E-state index contributed by atoms with van der Waals surface area (Å²) in [7, 11) is 1.86. The summed E-state index contributed by atoms with van der Waals surface area (Å²) in [6.07, 6.45) is 7.42. The van der Waals surface area contributed by atoms with Gasteiger partial charge in [-0.05, 0) is 50.2 Å². The smallest absolute Gasteiger partial charge is 0.226 e. The molecule has 0 bridgehead atoms. The number of carbonyl (C=O) groups is 1. The van der Waals surface area contributed by atoms with Crippen LogP contribution in [0.3, 0.4) is 0 Å². The van der Waals surface area contributed by atoms with Crippen LogP contribution in [-0.4, -0.2) is 19.1 Å². The van der Waals surface area contributed by atoms with E-state index in [1.165, 1.54) is 12.8 Å². The number of carbonyl (C=O) groups excluding carboxylic acids is 1. The SMILES string of the molecule is CCCC(=O)N(C)c1cc(OC(CCC)CCC(C)CC)ccc1C. The Hall–Kier alpha value is -1.51. The molecule has 0 radical (unpaired) electrons. The molecular formula is C22H37NO2. The summed E-state index contributed by atoms with van der Waals surface area (Å²) in [4.78, 5) is 14.0.